The molecular weight excluding hydrogens is 456 g/mol. The zero-order valence-corrected chi connectivity index (χ0v) is 20.1. The molecule has 0 fully saturated rings. The van der Waals surface area contributed by atoms with E-state index in [9.17, 15) is 20.1 Å². The third-order valence-electron chi connectivity index (χ3n) is 5.84. The topological polar surface area (TPSA) is 110 Å². The summed E-state index contributed by atoms with van der Waals surface area (Å²) in [5.41, 5.74) is 3.06. The molecule has 1 aromatic heterocycles. The standard InChI is InChI=1S/C28H28N4O4/c1-31(18-25(35)21-13-14-23(33)24(34)15-21)27(36)22-16-29-28(30-26(22)20-11-7-4-8-12-20)32(2)17-19-9-5-3-6-10-19/h3-16,25,33-35H,17-18H2,1-2H3. The van der Waals surface area contributed by atoms with E-state index in [0.717, 1.165) is 11.1 Å². The molecule has 184 valence electrons. The zero-order chi connectivity index (χ0) is 25.7. The van der Waals surface area contributed by atoms with Crippen molar-refractivity contribution >= 4 is 11.9 Å². The number of likely N-dealkylation sites (N-methyl/N-ethyl adjacent to an activating group) is 1. The summed E-state index contributed by atoms with van der Waals surface area (Å²) in [5, 5.41) is 29.9. The minimum Gasteiger partial charge on any atom is -0.504 e. The van der Waals surface area contributed by atoms with Gasteiger partial charge in [0.15, 0.2) is 11.5 Å². The number of aromatic hydroxyl groups is 2. The van der Waals surface area contributed by atoms with Gasteiger partial charge in [0.2, 0.25) is 5.95 Å². The maximum atomic E-state index is 13.4. The minimum atomic E-state index is -1.07. The second kappa shape index (κ2) is 10.9. The van der Waals surface area contributed by atoms with E-state index in [1.807, 2.05) is 72.6 Å². The number of aliphatic hydroxyl groups excluding tert-OH is 1. The first kappa shape index (κ1) is 24.7. The number of anilines is 1. The number of aromatic nitrogens is 2. The second-order valence-corrected chi connectivity index (χ2v) is 8.59. The normalized spacial score (nSPS) is 11.6. The molecule has 8 heteroatoms. The van der Waals surface area contributed by atoms with Crippen LogP contribution in [0.5, 0.6) is 11.5 Å². The molecule has 3 N–H and O–H groups in total. The number of carbonyl (C=O) groups excluding carboxylic acids is 1. The molecule has 4 rings (SSSR count). The van der Waals surface area contributed by atoms with Crippen LogP contribution in [0.1, 0.15) is 27.6 Å². The lowest BCUT2D eigenvalue weighted by Gasteiger charge is -2.23. The van der Waals surface area contributed by atoms with Crippen LogP contribution in [0.2, 0.25) is 0 Å². The van der Waals surface area contributed by atoms with Crippen molar-refractivity contribution in [1.82, 2.24) is 14.9 Å². The van der Waals surface area contributed by atoms with Gasteiger partial charge in [0, 0.05) is 32.4 Å². The molecule has 36 heavy (non-hydrogen) atoms. The summed E-state index contributed by atoms with van der Waals surface area (Å²) in [5.74, 6) is -0.488. The van der Waals surface area contributed by atoms with Gasteiger partial charge in [-0.25, -0.2) is 9.97 Å². The number of carbonyl (C=O) groups is 1. The van der Waals surface area contributed by atoms with Crippen LogP contribution in [0.4, 0.5) is 5.95 Å². The molecule has 0 aliphatic carbocycles. The highest BCUT2D eigenvalue weighted by atomic mass is 16.3. The minimum absolute atomic E-state index is 0.0348. The number of phenols is 2. The van der Waals surface area contributed by atoms with E-state index < -0.39 is 6.10 Å². The van der Waals surface area contributed by atoms with Gasteiger partial charge < -0.3 is 25.1 Å². The van der Waals surface area contributed by atoms with Crippen LogP contribution in [0.15, 0.2) is 85.1 Å². The molecule has 1 heterocycles. The SMILES string of the molecule is CN(CC(O)c1ccc(O)c(O)c1)C(=O)c1cnc(N(C)Cc2ccccc2)nc1-c1ccccc1. The molecule has 0 saturated heterocycles. The molecule has 1 amide bonds. The second-order valence-electron chi connectivity index (χ2n) is 8.59. The molecule has 0 aliphatic heterocycles. The van der Waals surface area contributed by atoms with Gasteiger partial charge in [-0.05, 0) is 23.3 Å². The van der Waals surface area contributed by atoms with Gasteiger partial charge in [0.1, 0.15) is 0 Å². The molecular formula is C28H28N4O4. The van der Waals surface area contributed by atoms with Crippen molar-refractivity contribution in [3.05, 3.63) is 102 Å². The number of rotatable bonds is 8. The summed E-state index contributed by atoms with van der Waals surface area (Å²) in [6, 6.07) is 23.5. The maximum absolute atomic E-state index is 13.4. The molecule has 1 unspecified atom stereocenters. The fourth-order valence-electron chi connectivity index (χ4n) is 3.86. The number of amides is 1. The average Bonchev–Trinajstić information content (AvgIpc) is 2.90. The Morgan fingerprint density at radius 3 is 2.25 bits per heavy atom. The first-order valence-corrected chi connectivity index (χ1v) is 11.5. The average molecular weight is 485 g/mol. The Morgan fingerprint density at radius 2 is 1.58 bits per heavy atom. The lowest BCUT2D eigenvalue weighted by molar-refractivity contribution is 0.0680. The molecule has 0 spiro atoms. The largest absolute Gasteiger partial charge is 0.504 e. The van der Waals surface area contributed by atoms with Gasteiger partial charge in [-0.15, -0.1) is 0 Å². The van der Waals surface area contributed by atoms with Gasteiger partial charge in [-0.2, -0.15) is 0 Å². The lowest BCUT2D eigenvalue weighted by Crippen LogP contribution is -2.32. The number of phenolic OH excluding ortho intramolecular Hbond substituents is 2. The summed E-state index contributed by atoms with van der Waals surface area (Å²) in [4.78, 5) is 25.9. The zero-order valence-electron chi connectivity index (χ0n) is 20.1. The van der Waals surface area contributed by atoms with Crippen LogP contribution in [0, 0.1) is 0 Å². The Labute approximate surface area is 209 Å². The van der Waals surface area contributed by atoms with E-state index in [2.05, 4.69) is 4.98 Å². The summed E-state index contributed by atoms with van der Waals surface area (Å²) in [7, 11) is 3.48. The van der Waals surface area contributed by atoms with Crippen molar-refractivity contribution in [2.75, 3.05) is 25.5 Å². The van der Waals surface area contributed by atoms with Crippen LogP contribution in [-0.4, -0.2) is 56.7 Å². The Bertz CT molecular complexity index is 1330. The lowest BCUT2D eigenvalue weighted by atomic mass is 10.1. The van der Waals surface area contributed by atoms with E-state index in [0.29, 0.717) is 29.3 Å². The van der Waals surface area contributed by atoms with E-state index in [4.69, 9.17) is 4.98 Å². The highest BCUT2D eigenvalue weighted by Gasteiger charge is 2.23. The smallest absolute Gasteiger partial charge is 0.257 e. The fraction of sp³-hybridized carbons (Fsp3) is 0.179. The molecule has 1 atom stereocenters. The van der Waals surface area contributed by atoms with Gasteiger partial charge in [0.25, 0.3) is 5.91 Å². The molecule has 0 saturated carbocycles. The van der Waals surface area contributed by atoms with Crippen molar-refractivity contribution < 1.29 is 20.1 Å². The van der Waals surface area contributed by atoms with Crippen LogP contribution in [-0.2, 0) is 6.54 Å². The summed E-state index contributed by atoms with van der Waals surface area (Å²) in [6.07, 6.45) is 0.451. The monoisotopic (exact) mass is 484 g/mol. The Kier molecular flexibility index (Phi) is 7.46. The molecule has 0 radical (unpaired) electrons. The van der Waals surface area contributed by atoms with Crippen LogP contribution in [0.3, 0.4) is 0 Å². The van der Waals surface area contributed by atoms with Crippen molar-refractivity contribution in [3.63, 3.8) is 0 Å². The van der Waals surface area contributed by atoms with Crippen LogP contribution < -0.4 is 4.90 Å². The molecule has 0 aliphatic rings. The van der Waals surface area contributed by atoms with E-state index in [1.54, 1.807) is 7.05 Å². The van der Waals surface area contributed by atoms with Gasteiger partial charge >= 0.3 is 0 Å². The number of nitrogens with zero attached hydrogens (tertiary/aromatic N) is 4. The van der Waals surface area contributed by atoms with Crippen LogP contribution >= 0.6 is 0 Å². The quantitative estimate of drug-likeness (QED) is 0.324. The molecule has 8 nitrogen and oxygen atoms in total. The van der Waals surface area contributed by atoms with Crippen molar-refractivity contribution in [2.24, 2.45) is 0 Å². The van der Waals surface area contributed by atoms with Gasteiger partial charge in [-0.3, -0.25) is 4.79 Å². The fourth-order valence-corrected chi connectivity index (χ4v) is 3.86. The van der Waals surface area contributed by atoms with E-state index in [-0.39, 0.29) is 24.0 Å². The first-order chi connectivity index (χ1) is 17.3. The number of benzene rings is 3. The molecule has 0 bridgehead atoms. The number of aliphatic hydroxyl groups is 1. The molecule has 4 aromatic rings. The number of hydrogen-bond acceptors (Lipinski definition) is 7. The maximum Gasteiger partial charge on any atom is 0.257 e. The van der Waals surface area contributed by atoms with Crippen LogP contribution in [0.25, 0.3) is 11.3 Å². The Balaban J connectivity index is 1.60. The number of hydrogen-bond donors (Lipinski definition) is 3. The van der Waals surface area contributed by atoms with E-state index >= 15 is 0 Å². The van der Waals surface area contributed by atoms with Gasteiger partial charge in [-0.1, -0.05) is 66.7 Å². The summed E-state index contributed by atoms with van der Waals surface area (Å²) >= 11 is 0. The van der Waals surface area contributed by atoms with Crippen molar-refractivity contribution in [2.45, 2.75) is 12.6 Å². The Hall–Kier alpha value is -4.43. The first-order valence-electron chi connectivity index (χ1n) is 11.5. The predicted molar refractivity (Wildman–Crippen MR) is 138 cm³/mol. The highest BCUT2D eigenvalue weighted by molar-refractivity contribution is 5.99. The van der Waals surface area contributed by atoms with Crippen molar-refractivity contribution in [3.8, 4) is 22.8 Å². The van der Waals surface area contributed by atoms with E-state index in [1.165, 1.54) is 29.3 Å². The van der Waals surface area contributed by atoms with Gasteiger partial charge in [0.05, 0.1) is 23.9 Å². The van der Waals surface area contributed by atoms with Crippen molar-refractivity contribution in [1.29, 1.82) is 0 Å². The molecule has 3 aromatic carbocycles. The summed E-state index contributed by atoms with van der Waals surface area (Å²) < 4.78 is 0. The third-order valence-corrected chi connectivity index (χ3v) is 5.84. The summed E-state index contributed by atoms with van der Waals surface area (Å²) in [6.45, 7) is 0.570. The third kappa shape index (κ3) is 5.61. The Morgan fingerprint density at radius 1 is 0.917 bits per heavy atom. The highest BCUT2D eigenvalue weighted by Crippen LogP contribution is 2.29. The predicted octanol–water partition coefficient (Wildman–Crippen LogP) is 4.00.